The first-order valence-electron chi connectivity index (χ1n) is 6.31. The molecule has 1 aromatic heterocycles. The molecule has 0 aliphatic heterocycles. The molecule has 0 saturated heterocycles. The minimum atomic E-state index is -0.130. The van der Waals surface area contributed by atoms with Crippen LogP contribution in [0, 0.1) is 17.3 Å². The van der Waals surface area contributed by atoms with Crippen LogP contribution in [-0.4, -0.2) is 10.9 Å². The molecule has 0 fully saturated rings. The highest BCUT2D eigenvalue weighted by atomic mass is 35.5. The van der Waals surface area contributed by atoms with Gasteiger partial charge in [0.25, 0.3) is 0 Å². The molecular weight excluding hydrogens is 260 g/mol. The molecule has 3 nitrogen and oxygen atoms in total. The van der Waals surface area contributed by atoms with Gasteiger partial charge in [0.15, 0.2) is 0 Å². The van der Waals surface area contributed by atoms with Crippen LogP contribution in [0.3, 0.4) is 0 Å². The monoisotopic (exact) mass is 278 g/mol. The van der Waals surface area contributed by atoms with Crippen LogP contribution >= 0.6 is 11.6 Å². The van der Waals surface area contributed by atoms with Crippen molar-refractivity contribution in [1.82, 2.24) is 4.98 Å². The van der Waals surface area contributed by atoms with Crippen LogP contribution in [0.2, 0.25) is 5.15 Å². The molecule has 1 N–H and O–H groups in total. The highest BCUT2D eigenvalue weighted by Gasteiger charge is 2.08. The Kier molecular flexibility index (Phi) is 5.38. The number of aromatic nitrogens is 1. The van der Waals surface area contributed by atoms with E-state index >= 15 is 0 Å². The molecule has 0 saturated carbocycles. The van der Waals surface area contributed by atoms with Crippen molar-refractivity contribution in [2.75, 3.05) is 5.32 Å². The number of anilines is 1. The SMILES string of the molecule is CCCC(=O)Nc1ccc(Cl)nc1C#CC(C)(C)C. The summed E-state index contributed by atoms with van der Waals surface area (Å²) in [5, 5.41) is 3.18. The number of nitrogens with zero attached hydrogens (tertiary/aromatic N) is 1. The van der Waals surface area contributed by atoms with Crippen LogP contribution in [0.15, 0.2) is 12.1 Å². The Labute approximate surface area is 119 Å². The van der Waals surface area contributed by atoms with E-state index in [2.05, 4.69) is 22.1 Å². The van der Waals surface area contributed by atoms with Gasteiger partial charge in [-0.3, -0.25) is 4.79 Å². The lowest BCUT2D eigenvalue weighted by molar-refractivity contribution is -0.116. The molecule has 0 spiro atoms. The van der Waals surface area contributed by atoms with Gasteiger partial charge in [0.1, 0.15) is 10.8 Å². The third-order valence-corrected chi connectivity index (χ3v) is 2.38. The minimum Gasteiger partial charge on any atom is -0.324 e. The van der Waals surface area contributed by atoms with Gasteiger partial charge in [-0.25, -0.2) is 4.98 Å². The minimum absolute atomic E-state index is 0.0366. The predicted molar refractivity (Wildman–Crippen MR) is 79.1 cm³/mol. The Morgan fingerprint density at radius 2 is 2.11 bits per heavy atom. The summed E-state index contributed by atoms with van der Waals surface area (Å²) in [6.45, 7) is 8.00. The van der Waals surface area contributed by atoms with Crippen molar-refractivity contribution in [1.29, 1.82) is 0 Å². The molecular formula is C15H19ClN2O. The van der Waals surface area contributed by atoms with E-state index in [1.807, 2.05) is 27.7 Å². The number of rotatable bonds is 3. The summed E-state index contributed by atoms with van der Waals surface area (Å²) in [4.78, 5) is 15.8. The maximum atomic E-state index is 11.6. The maximum Gasteiger partial charge on any atom is 0.224 e. The van der Waals surface area contributed by atoms with Crippen LogP contribution in [-0.2, 0) is 4.79 Å². The normalized spacial score (nSPS) is 10.6. The van der Waals surface area contributed by atoms with Gasteiger partial charge in [-0.1, -0.05) is 24.4 Å². The fraction of sp³-hybridized carbons (Fsp3) is 0.467. The molecule has 0 bridgehead atoms. The molecule has 102 valence electrons. The Hall–Kier alpha value is -1.53. The van der Waals surface area contributed by atoms with E-state index in [0.717, 1.165) is 6.42 Å². The summed E-state index contributed by atoms with van der Waals surface area (Å²) in [5.74, 6) is 6.03. The number of pyridine rings is 1. The third kappa shape index (κ3) is 5.76. The molecule has 0 unspecified atom stereocenters. The summed E-state index contributed by atoms with van der Waals surface area (Å²) in [5.41, 5.74) is 0.987. The fourth-order valence-electron chi connectivity index (χ4n) is 1.32. The highest BCUT2D eigenvalue weighted by molar-refractivity contribution is 6.29. The molecule has 1 aromatic rings. The lowest BCUT2D eigenvalue weighted by Gasteiger charge is -2.09. The average Bonchev–Trinajstić information content (AvgIpc) is 2.29. The number of nitrogens with one attached hydrogen (secondary N) is 1. The van der Waals surface area contributed by atoms with E-state index in [-0.39, 0.29) is 11.3 Å². The number of hydrogen-bond acceptors (Lipinski definition) is 2. The van der Waals surface area contributed by atoms with Crippen molar-refractivity contribution in [2.45, 2.75) is 40.5 Å². The van der Waals surface area contributed by atoms with Gasteiger partial charge < -0.3 is 5.32 Å². The van der Waals surface area contributed by atoms with Crippen molar-refractivity contribution < 1.29 is 4.79 Å². The number of carbonyl (C=O) groups excluding carboxylic acids is 1. The van der Waals surface area contributed by atoms with Crippen molar-refractivity contribution in [3.63, 3.8) is 0 Å². The molecule has 0 aliphatic carbocycles. The standard InChI is InChI=1S/C15H19ClN2O/c1-5-6-14(19)18-11-7-8-13(16)17-12(11)9-10-15(2,3)4/h7-8H,5-6H2,1-4H3,(H,18,19). The number of halogens is 1. The van der Waals surface area contributed by atoms with Gasteiger partial charge in [-0.15, -0.1) is 0 Å². The van der Waals surface area contributed by atoms with E-state index in [1.54, 1.807) is 12.1 Å². The molecule has 1 amide bonds. The second kappa shape index (κ2) is 6.58. The summed E-state index contributed by atoms with van der Waals surface area (Å²) >= 11 is 5.87. The first kappa shape index (κ1) is 15.5. The molecule has 19 heavy (non-hydrogen) atoms. The van der Waals surface area contributed by atoms with Gasteiger partial charge >= 0.3 is 0 Å². The van der Waals surface area contributed by atoms with Crippen LogP contribution in [0.4, 0.5) is 5.69 Å². The Balaban J connectivity index is 3.04. The Morgan fingerprint density at radius 1 is 1.42 bits per heavy atom. The van der Waals surface area contributed by atoms with E-state index in [0.29, 0.717) is 23.0 Å². The smallest absolute Gasteiger partial charge is 0.224 e. The van der Waals surface area contributed by atoms with Crippen LogP contribution in [0.1, 0.15) is 46.2 Å². The van der Waals surface area contributed by atoms with E-state index in [4.69, 9.17) is 11.6 Å². The molecule has 0 aromatic carbocycles. The summed E-state index contributed by atoms with van der Waals surface area (Å²) in [6.07, 6.45) is 1.28. The van der Waals surface area contributed by atoms with Crippen molar-refractivity contribution in [3.05, 3.63) is 23.0 Å². The van der Waals surface area contributed by atoms with Crippen molar-refractivity contribution in [3.8, 4) is 11.8 Å². The van der Waals surface area contributed by atoms with Gasteiger partial charge in [0, 0.05) is 11.8 Å². The topological polar surface area (TPSA) is 42.0 Å². The number of hydrogen-bond donors (Lipinski definition) is 1. The Bertz CT molecular complexity index is 521. The molecule has 0 atom stereocenters. The van der Waals surface area contributed by atoms with Gasteiger partial charge in [-0.05, 0) is 45.2 Å². The molecule has 4 heteroatoms. The summed E-state index contributed by atoms with van der Waals surface area (Å²) in [7, 11) is 0. The first-order chi connectivity index (χ1) is 8.81. The molecule has 0 radical (unpaired) electrons. The molecule has 0 aliphatic rings. The zero-order valence-corrected chi connectivity index (χ0v) is 12.6. The lowest BCUT2D eigenvalue weighted by Crippen LogP contribution is -2.12. The average molecular weight is 279 g/mol. The number of amides is 1. The zero-order valence-electron chi connectivity index (χ0n) is 11.8. The second-order valence-corrected chi connectivity index (χ2v) is 5.72. The van der Waals surface area contributed by atoms with E-state index < -0.39 is 0 Å². The van der Waals surface area contributed by atoms with Crippen LogP contribution in [0.5, 0.6) is 0 Å². The van der Waals surface area contributed by atoms with Gasteiger partial charge in [-0.2, -0.15) is 0 Å². The lowest BCUT2D eigenvalue weighted by atomic mass is 9.98. The van der Waals surface area contributed by atoms with E-state index in [9.17, 15) is 4.79 Å². The fourth-order valence-corrected chi connectivity index (χ4v) is 1.47. The van der Waals surface area contributed by atoms with Crippen LogP contribution in [0.25, 0.3) is 0 Å². The van der Waals surface area contributed by atoms with E-state index in [1.165, 1.54) is 0 Å². The second-order valence-electron chi connectivity index (χ2n) is 5.33. The van der Waals surface area contributed by atoms with Crippen molar-refractivity contribution in [2.24, 2.45) is 5.41 Å². The summed E-state index contributed by atoms with van der Waals surface area (Å²) < 4.78 is 0. The maximum absolute atomic E-state index is 11.6. The highest BCUT2D eigenvalue weighted by Crippen LogP contribution is 2.18. The molecule has 1 rings (SSSR count). The van der Waals surface area contributed by atoms with Gasteiger partial charge in [0.05, 0.1) is 5.69 Å². The number of carbonyl (C=O) groups is 1. The Morgan fingerprint density at radius 3 is 2.68 bits per heavy atom. The zero-order chi connectivity index (χ0) is 14.5. The largest absolute Gasteiger partial charge is 0.324 e. The first-order valence-corrected chi connectivity index (χ1v) is 6.69. The summed E-state index contributed by atoms with van der Waals surface area (Å²) in [6, 6.07) is 3.38. The van der Waals surface area contributed by atoms with Gasteiger partial charge in [0.2, 0.25) is 5.91 Å². The van der Waals surface area contributed by atoms with Crippen LogP contribution < -0.4 is 5.32 Å². The molecule has 1 heterocycles. The predicted octanol–water partition coefficient (Wildman–Crippen LogP) is 3.87. The van der Waals surface area contributed by atoms with Crippen molar-refractivity contribution >= 4 is 23.2 Å². The quantitative estimate of drug-likeness (QED) is 0.674. The third-order valence-electron chi connectivity index (χ3n) is 2.17.